The van der Waals surface area contributed by atoms with E-state index in [2.05, 4.69) is 37.3 Å². The number of fused-ring (bicyclic) bond motifs is 5. The van der Waals surface area contributed by atoms with Gasteiger partial charge in [0.2, 0.25) is 5.65 Å². The van der Waals surface area contributed by atoms with E-state index in [4.69, 9.17) is 0 Å². The lowest BCUT2D eigenvalue weighted by Gasteiger charge is -1.96. The summed E-state index contributed by atoms with van der Waals surface area (Å²) in [4.78, 5) is 0. The predicted octanol–water partition coefficient (Wildman–Crippen LogP) is 1.16. The number of hydrogen-bond donors (Lipinski definition) is 0. The van der Waals surface area contributed by atoms with Crippen molar-refractivity contribution in [3.05, 3.63) is 30.5 Å². The SMILES string of the molecule is Cn1c2ccccc2c2cnn3nnnc3c21. The summed E-state index contributed by atoms with van der Waals surface area (Å²) in [5.41, 5.74) is 2.84. The lowest BCUT2D eigenvalue weighted by atomic mass is 10.2. The molecule has 0 aliphatic heterocycles. The molecule has 3 heterocycles. The third kappa shape index (κ3) is 0.944. The van der Waals surface area contributed by atoms with Gasteiger partial charge in [-0.25, -0.2) is 0 Å². The molecule has 0 bridgehead atoms. The van der Waals surface area contributed by atoms with Crippen molar-refractivity contribution in [3.63, 3.8) is 0 Å². The van der Waals surface area contributed by atoms with Gasteiger partial charge in [-0.1, -0.05) is 18.2 Å². The number of tetrazole rings is 1. The van der Waals surface area contributed by atoms with E-state index in [9.17, 15) is 0 Å². The Labute approximate surface area is 95.4 Å². The van der Waals surface area contributed by atoms with E-state index in [1.54, 1.807) is 6.20 Å². The third-order valence-corrected chi connectivity index (χ3v) is 3.11. The summed E-state index contributed by atoms with van der Waals surface area (Å²) in [5.74, 6) is 0. The second kappa shape index (κ2) is 2.79. The second-order valence-corrected chi connectivity index (χ2v) is 3.97. The molecular weight excluding hydrogens is 216 g/mol. The fraction of sp³-hybridized carbons (Fsp3) is 0.0909. The molecule has 0 atom stereocenters. The molecule has 17 heavy (non-hydrogen) atoms. The van der Waals surface area contributed by atoms with Gasteiger partial charge in [-0.05, 0) is 16.5 Å². The van der Waals surface area contributed by atoms with Gasteiger partial charge in [0.15, 0.2) is 0 Å². The highest BCUT2D eigenvalue weighted by Crippen LogP contribution is 2.28. The third-order valence-electron chi connectivity index (χ3n) is 3.11. The Bertz CT molecular complexity index is 856. The molecule has 0 saturated heterocycles. The first-order valence-electron chi connectivity index (χ1n) is 5.27. The molecule has 0 amide bonds. The molecule has 0 saturated carbocycles. The summed E-state index contributed by atoms with van der Waals surface area (Å²) < 4.78 is 3.54. The van der Waals surface area contributed by atoms with E-state index in [0.717, 1.165) is 16.4 Å². The van der Waals surface area contributed by atoms with E-state index >= 15 is 0 Å². The smallest absolute Gasteiger partial charge is 0.224 e. The summed E-state index contributed by atoms with van der Waals surface area (Å²) in [7, 11) is 2.01. The fourth-order valence-corrected chi connectivity index (χ4v) is 2.34. The number of aryl methyl sites for hydroxylation is 1. The number of nitrogens with zero attached hydrogens (tertiary/aromatic N) is 6. The Kier molecular flexibility index (Phi) is 1.42. The van der Waals surface area contributed by atoms with Gasteiger partial charge >= 0.3 is 0 Å². The number of aromatic nitrogens is 6. The zero-order valence-electron chi connectivity index (χ0n) is 9.07. The summed E-state index contributed by atoms with van der Waals surface area (Å²) in [6, 6.07) is 8.21. The zero-order valence-corrected chi connectivity index (χ0v) is 9.07. The summed E-state index contributed by atoms with van der Waals surface area (Å²) >= 11 is 0. The van der Waals surface area contributed by atoms with Crippen molar-refractivity contribution in [1.82, 2.24) is 29.8 Å². The predicted molar refractivity (Wildman–Crippen MR) is 62.6 cm³/mol. The average Bonchev–Trinajstić information content (AvgIpc) is 2.93. The molecule has 0 radical (unpaired) electrons. The number of benzene rings is 1. The first-order valence-corrected chi connectivity index (χ1v) is 5.27. The Morgan fingerprint density at radius 3 is 2.94 bits per heavy atom. The van der Waals surface area contributed by atoms with Gasteiger partial charge in [0.25, 0.3) is 0 Å². The minimum absolute atomic E-state index is 0.682. The lowest BCUT2D eigenvalue weighted by molar-refractivity contribution is 0.735. The number of rotatable bonds is 0. The van der Waals surface area contributed by atoms with Crippen LogP contribution in [-0.2, 0) is 7.05 Å². The molecule has 0 N–H and O–H groups in total. The van der Waals surface area contributed by atoms with Crippen molar-refractivity contribution in [1.29, 1.82) is 0 Å². The van der Waals surface area contributed by atoms with Gasteiger partial charge < -0.3 is 4.57 Å². The molecule has 6 heteroatoms. The maximum atomic E-state index is 4.20. The Morgan fingerprint density at radius 2 is 2.00 bits per heavy atom. The Balaban J connectivity index is 2.43. The van der Waals surface area contributed by atoms with Crippen LogP contribution in [0.15, 0.2) is 30.5 Å². The minimum atomic E-state index is 0.682. The second-order valence-electron chi connectivity index (χ2n) is 3.97. The van der Waals surface area contributed by atoms with Crippen LogP contribution < -0.4 is 0 Å². The van der Waals surface area contributed by atoms with Crippen molar-refractivity contribution in [2.75, 3.05) is 0 Å². The van der Waals surface area contributed by atoms with Gasteiger partial charge in [0.1, 0.15) is 0 Å². The van der Waals surface area contributed by atoms with Crippen LogP contribution in [0, 0.1) is 0 Å². The molecule has 4 aromatic rings. The van der Waals surface area contributed by atoms with Crippen molar-refractivity contribution in [2.24, 2.45) is 7.05 Å². The molecule has 0 spiro atoms. The number of hydrogen-bond acceptors (Lipinski definition) is 4. The Morgan fingerprint density at radius 1 is 1.12 bits per heavy atom. The summed E-state index contributed by atoms with van der Waals surface area (Å²) in [5, 5.41) is 17.9. The molecule has 0 unspecified atom stereocenters. The van der Waals surface area contributed by atoms with Crippen LogP contribution in [0.1, 0.15) is 0 Å². The van der Waals surface area contributed by atoms with Crippen LogP contribution >= 0.6 is 0 Å². The largest absolute Gasteiger partial charge is 0.340 e. The van der Waals surface area contributed by atoms with Crippen molar-refractivity contribution in [2.45, 2.75) is 0 Å². The van der Waals surface area contributed by atoms with Crippen molar-refractivity contribution in [3.8, 4) is 0 Å². The van der Waals surface area contributed by atoms with Crippen LogP contribution in [0.25, 0.3) is 27.5 Å². The highest BCUT2D eigenvalue weighted by molar-refractivity contribution is 6.11. The standard InChI is InChI=1S/C11H8N6/c1-16-9-5-3-2-4-7(9)8-6-12-17-11(10(8)16)13-14-15-17/h2-6H,1H3. The monoisotopic (exact) mass is 224 g/mol. The molecule has 82 valence electrons. The van der Waals surface area contributed by atoms with Crippen LogP contribution in [0.3, 0.4) is 0 Å². The van der Waals surface area contributed by atoms with Crippen molar-refractivity contribution < 1.29 is 0 Å². The first kappa shape index (κ1) is 8.63. The van der Waals surface area contributed by atoms with Crippen molar-refractivity contribution >= 4 is 27.5 Å². The summed E-state index contributed by atoms with van der Waals surface area (Å²) in [6.07, 6.45) is 1.81. The topological polar surface area (TPSA) is 60.9 Å². The highest BCUT2D eigenvalue weighted by atomic mass is 15.6. The molecule has 6 nitrogen and oxygen atoms in total. The maximum Gasteiger partial charge on any atom is 0.224 e. The van der Waals surface area contributed by atoms with Gasteiger partial charge in [0.05, 0.1) is 11.7 Å². The van der Waals surface area contributed by atoms with E-state index in [-0.39, 0.29) is 0 Å². The maximum absolute atomic E-state index is 4.20. The van der Waals surface area contributed by atoms with Gasteiger partial charge in [-0.15, -0.1) is 9.73 Å². The van der Waals surface area contributed by atoms with E-state index < -0.39 is 0 Å². The van der Waals surface area contributed by atoms with Crippen LogP contribution in [0.2, 0.25) is 0 Å². The average molecular weight is 224 g/mol. The lowest BCUT2D eigenvalue weighted by Crippen LogP contribution is -1.96. The molecule has 1 aromatic carbocycles. The quantitative estimate of drug-likeness (QED) is 0.449. The molecular formula is C11H8N6. The fourth-order valence-electron chi connectivity index (χ4n) is 2.34. The van der Waals surface area contributed by atoms with Gasteiger partial charge in [-0.2, -0.15) is 5.10 Å². The van der Waals surface area contributed by atoms with E-state index in [0.29, 0.717) is 5.65 Å². The molecule has 0 fully saturated rings. The first-order chi connectivity index (χ1) is 8.36. The molecule has 0 aliphatic rings. The van der Waals surface area contributed by atoms with Gasteiger partial charge in [0, 0.05) is 23.3 Å². The molecule has 0 aliphatic carbocycles. The van der Waals surface area contributed by atoms with Crippen LogP contribution in [-0.4, -0.2) is 29.8 Å². The normalized spacial score (nSPS) is 11.8. The zero-order chi connectivity index (χ0) is 11.4. The molecule has 3 aromatic heterocycles. The summed E-state index contributed by atoms with van der Waals surface area (Å²) in [6.45, 7) is 0. The van der Waals surface area contributed by atoms with Crippen LogP contribution in [0.4, 0.5) is 0 Å². The van der Waals surface area contributed by atoms with E-state index in [1.165, 1.54) is 10.0 Å². The highest BCUT2D eigenvalue weighted by Gasteiger charge is 2.13. The van der Waals surface area contributed by atoms with E-state index in [1.807, 2.05) is 19.2 Å². The van der Waals surface area contributed by atoms with Gasteiger partial charge in [-0.3, -0.25) is 0 Å². The molecule has 4 rings (SSSR count). The Hall–Kier alpha value is -2.50. The number of para-hydroxylation sites is 1. The van der Waals surface area contributed by atoms with Crippen LogP contribution in [0.5, 0.6) is 0 Å². The minimum Gasteiger partial charge on any atom is -0.340 e.